The van der Waals surface area contributed by atoms with E-state index in [-0.39, 0.29) is 0 Å². The van der Waals surface area contributed by atoms with E-state index in [0.29, 0.717) is 5.82 Å². The molecule has 1 heterocycles. The zero-order valence-electron chi connectivity index (χ0n) is 12.8. The van der Waals surface area contributed by atoms with E-state index >= 15 is 0 Å². The molecule has 3 rings (SSSR count). The van der Waals surface area contributed by atoms with Crippen molar-refractivity contribution in [2.45, 2.75) is 18.7 Å². The Hall–Kier alpha value is -1.95. The molecular weight excluding hydrogens is 332 g/mol. The number of hydrogen-bond donors (Lipinski definition) is 2. The van der Waals surface area contributed by atoms with Gasteiger partial charge in [0.2, 0.25) is 0 Å². The Morgan fingerprint density at radius 3 is 2.22 bits per heavy atom. The Balaban J connectivity index is 0.000000229. The van der Waals surface area contributed by atoms with E-state index in [4.69, 9.17) is 21.9 Å². The summed E-state index contributed by atoms with van der Waals surface area (Å²) >= 11 is 6.67. The second-order valence-electron chi connectivity index (χ2n) is 4.94. The molecule has 0 fully saturated rings. The molecule has 0 bridgehead atoms. The molecule has 0 spiro atoms. The van der Waals surface area contributed by atoms with Crippen LogP contribution in [0.3, 0.4) is 0 Å². The van der Waals surface area contributed by atoms with Gasteiger partial charge in [0.25, 0.3) is 0 Å². The predicted octanol–water partition coefficient (Wildman–Crippen LogP) is 5.45. The van der Waals surface area contributed by atoms with E-state index in [0.717, 1.165) is 38.8 Å². The highest BCUT2D eigenvalue weighted by atomic mass is 35.5. The van der Waals surface area contributed by atoms with E-state index in [1.54, 1.807) is 13.0 Å². The summed E-state index contributed by atoms with van der Waals surface area (Å²) in [7, 11) is 0. The topological polar surface area (TPSA) is 72.3 Å². The number of aromatic nitrogens is 1. The summed E-state index contributed by atoms with van der Waals surface area (Å²) in [6, 6.07) is 15.3. The lowest BCUT2D eigenvalue weighted by atomic mass is 10.0. The zero-order chi connectivity index (χ0) is 16.8. The minimum absolute atomic E-state index is 0.442. The Morgan fingerprint density at radius 1 is 1.09 bits per heavy atom. The minimum Gasteiger partial charge on any atom is -0.381 e. The van der Waals surface area contributed by atoms with Crippen LogP contribution in [0.25, 0.3) is 11.1 Å². The van der Waals surface area contributed by atoms with Crippen molar-refractivity contribution < 1.29 is 9.08 Å². The quantitative estimate of drug-likeness (QED) is 0.603. The first-order valence-electron chi connectivity index (χ1n) is 6.86. The summed E-state index contributed by atoms with van der Waals surface area (Å²) in [5.41, 5.74) is 8.62. The van der Waals surface area contributed by atoms with Crippen LogP contribution in [0.2, 0.25) is 5.02 Å². The molecule has 0 aliphatic carbocycles. The standard InChI is InChI=1S/C13H11ClOS.C4H6N2O/c1-9-8-11(14)4-7-13(9)10-2-5-12(16-15)6-3-10;1-3-2-4(5)6-7-3/h2-8,15H,1H3;2H,1H3,(H2,5,6). The van der Waals surface area contributed by atoms with Crippen molar-refractivity contribution in [3.05, 3.63) is 64.9 Å². The van der Waals surface area contributed by atoms with Crippen molar-refractivity contribution in [3.63, 3.8) is 0 Å². The average Bonchev–Trinajstić information content (AvgIpc) is 2.91. The van der Waals surface area contributed by atoms with Gasteiger partial charge in [0.1, 0.15) is 5.76 Å². The number of nitrogen functional groups attached to an aromatic ring is 1. The number of aryl methyl sites for hydroxylation is 2. The Labute approximate surface area is 144 Å². The van der Waals surface area contributed by atoms with Crippen LogP contribution >= 0.6 is 23.6 Å². The monoisotopic (exact) mass is 348 g/mol. The van der Waals surface area contributed by atoms with Crippen molar-refractivity contribution in [3.8, 4) is 11.1 Å². The number of anilines is 1. The van der Waals surface area contributed by atoms with E-state index in [2.05, 4.69) is 9.68 Å². The lowest BCUT2D eigenvalue weighted by Gasteiger charge is -2.06. The van der Waals surface area contributed by atoms with E-state index in [1.807, 2.05) is 49.4 Å². The van der Waals surface area contributed by atoms with Crippen molar-refractivity contribution in [1.82, 2.24) is 5.16 Å². The Bertz CT molecular complexity index is 756. The third-order valence-electron chi connectivity index (χ3n) is 3.11. The van der Waals surface area contributed by atoms with Gasteiger partial charge in [0.05, 0.1) is 0 Å². The highest BCUT2D eigenvalue weighted by Crippen LogP contribution is 2.27. The molecule has 0 aliphatic rings. The van der Waals surface area contributed by atoms with Gasteiger partial charge in [-0.25, -0.2) is 0 Å². The van der Waals surface area contributed by atoms with E-state index in [1.165, 1.54) is 5.56 Å². The van der Waals surface area contributed by atoms with Crippen LogP contribution < -0.4 is 5.73 Å². The highest BCUT2D eigenvalue weighted by Gasteiger charge is 2.02. The average molecular weight is 349 g/mol. The summed E-state index contributed by atoms with van der Waals surface area (Å²) in [5, 5.41) is 4.17. The molecule has 4 nitrogen and oxygen atoms in total. The van der Waals surface area contributed by atoms with Gasteiger partial charge in [-0.05, 0) is 54.8 Å². The van der Waals surface area contributed by atoms with E-state index in [9.17, 15) is 0 Å². The van der Waals surface area contributed by atoms with Gasteiger partial charge in [-0.15, -0.1) is 0 Å². The van der Waals surface area contributed by atoms with Crippen LogP contribution in [-0.4, -0.2) is 9.71 Å². The summed E-state index contributed by atoms with van der Waals surface area (Å²) in [6.45, 7) is 3.83. The molecule has 0 amide bonds. The summed E-state index contributed by atoms with van der Waals surface area (Å²) in [5.74, 6) is 1.19. The van der Waals surface area contributed by atoms with Gasteiger partial charge in [0.15, 0.2) is 5.82 Å². The lowest BCUT2D eigenvalue weighted by molar-refractivity contribution is 0.400. The van der Waals surface area contributed by atoms with Gasteiger partial charge in [0, 0.05) is 28.0 Å². The van der Waals surface area contributed by atoms with Gasteiger partial charge >= 0.3 is 0 Å². The third-order valence-corrected chi connectivity index (χ3v) is 3.82. The second-order valence-corrected chi connectivity index (χ2v) is 6.03. The van der Waals surface area contributed by atoms with Crippen LogP contribution in [0.1, 0.15) is 11.3 Å². The van der Waals surface area contributed by atoms with Crippen LogP contribution in [-0.2, 0) is 0 Å². The normalized spacial score (nSPS) is 10.1. The predicted molar refractivity (Wildman–Crippen MR) is 95.8 cm³/mol. The van der Waals surface area contributed by atoms with Gasteiger partial charge in [-0.1, -0.05) is 35.0 Å². The van der Waals surface area contributed by atoms with Crippen molar-refractivity contribution in [2.75, 3.05) is 5.73 Å². The molecule has 0 atom stereocenters. The minimum atomic E-state index is 0.442. The molecule has 0 unspecified atom stereocenters. The van der Waals surface area contributed by atoms with Gasteiger partial charge in [-0.3, -0.25) is 0 Å². The lowest BCUT2D eigenvalue weighted by Crippen LogP contribution is -1.83. The fourth-order valence-electron chi connectivity index (χ4n) is 2.03. The molecule has 120 valence electrons. The molecule has 0 saturated carbocycles. The maximum absolute atomic E-state index is 8.89. The number of rotatable bonds is 2. The summed E-state index contributed by atoms with van der Waals surface area (Å²) in [4.78, 5) is 0.843. The first-order valence-corrected chi connectivity index (χ1v) is 8.01. The molecule has 0 aliphatic heterocycles. The van der Waals surface area contributed by atoms with Crippen molar-refractivity contribution >= 4 is 29.5 Å². The van der Waals surface area contributed by atoms with Crippen LogP contribution in [0.4, 0.5) is 5.82 Å². The van der Waals surface area contributed by atoms with Crippen molar-refractivity contribution in [2.24, 2.45) is 0 Å². The number of hydrogen-bond acceptors (Lipinski definition) is 5. The molecule has 0 saturated heterocycles. The number of benzene rings is 2. The smallest absolute Gasteiger partial charge is 0.167 e. The zero-order valence-corrected chi connectivity index (χ0v) is 14.4. The van der Waals surface area contributed by atoms with Crippen LogP contribution in [0.5, 0.6) is 0 Å². The van der Waals surface area contributed by atoms with Gasteiger partial charge < -0.3 is 14.8 Å². The first kappa shape index (κ1) is 17.4. The van der Waals surface area contributed by atoms with Crippen molar-refractivity contribution in [1.29, 1.82) is 0 Å². The SMILES string of the molecule is Cc1cc(Cl)ccc1-c1ccc(SO)cc1.Cc1cc(N)no1. The summed E-state index contributed by atoms with van der Waals surface area (Å²) in [6.07, 6.45) is 0. The first-order chi connectivity index (χ1) is 11.0. The molecule has 3 N–H and O–H groups in total. The largest absolute Gasteiger partial charge is 0.381 e. The molecule has 6 heteroatoms. The molecule has 23 heavy (non-hydrogen) atoms. The number of halogens is 1. The number of nitrogens with two attached hydrogens (primary N) is 1. The third kappa shape index (κ3) is 5.03. The molecule has 2 aromatic carbocycles. The molecular formula is C17H17ClN2O2S. The van der Waals surface area contributed by atoms with E-state index < -0.39 is 0 Å². The molecule has 1 aromatic heterocycles. The number of nitrogens with zero attached hydrogens (tertiary/aromatic N) is 1. The summed E-state index contributed by atoms with van der Waals surface area (Å²) < 4.78 is 13.5. The highest BCUT2D eigenvalue weighted by molar-refractivity contribution is 7.93. The second kappa shape index (κ2) is 8.06. The Morgan fingerprint density at radius 2 is 1.78 bits per heavy atom. The van der Waals surface area contributed by atoms with Crippen LogP contribution in [0.15, 0.2) is 57.9 Å². The molecule has 0 radical (unpaired) electrons. The fraction of sp³-hybridized carbons (Fsp3) is 0.118. The maximum atomic E-state index is 8.89. The van der Waals surface area contributed by atoms with Gasteiger partial charge in [-0.2, -0.15) is 0 Å². The fourth-order valence-corrected chi connectivity index (χ4v) is 2.52. The molecule has 3 aromatic rings. The maximum Gasteiger partial charge on any atom is 0.167 e. The Kier molecular flexibility index (Phi) is 6.10. The van der Waals surface area contributed by atoms with Crippen LogP contribution in [0, 0.1) is 13.8 Å².